The Labute approximate surface area is 124 Å². The van der Waals surface area contributed by atoms with Crippen LogP contribution < -0.4 is 0 Å². The van der Waals surface area contributed by atoms with Gasteiger partial charge >= 0.3 is 8.60 Å². The molecule has 0 saturated carbocycles. The highest BCUT2D eigenvalue weighted by atomic mass is 33.5. The van der Waals surface area contributed by atoms with Crippen LogP contribution in [-0.4, -0.2) is 23.9 Å². The molecule has 1 N–H and O–H groups in total. The minimum atomic E-state index is -2.05. The molecular formula is C9H23O5PS3. The fourth-order valence-electron chi connectivity index (χ4n) is 0.464. The van der Waals surface area contributed by atoms with Crippen molar-refractivity contribution >= 4 is 40.9 Å². The van der Waals surface area contributed by atoms with Gasteiger partial charge in [-0.3, -0.25) is 0 Å². The molecule has 0 atom stereocenters. The van der Waals surface area contributed by atoms with Crippen LogP contribution in [0.15, 0.2) is 0 Å². The third kappa shape index (κ3) is 22.5. The maximum Gasteiger partial charge on any atom is 0.389 e. The smallest absolute Gasteiger partial charge is 0.325 e. The van der Waals surface area contributed by atoms with E-state index in [9.17, 15) is 0 Å². The second-order valence-electron chi connectivity index (χ2n) is 2.93. The second-order valence-corrected chi connectivity index (χ2v) is 6.99. The molecule has 0 rings (SSSR count). The highest BCUT2D eigenvalue weighted by Crippen LogP contribution is 2.33. The lowest BCUT2D eigenvalue weighted by atomic mass is 10.5. The predicted octanol–water partition coefficient (Wildman–Crippen LogP) is 4.54. The topological polar surface area (TPSA) is 57.2 Å². The van der Waals surface area contributed by atoms with Gasteiger partial charge in [0.2, 0.25) is 0 Å². The molecule has 0 unspecified atom stereocenters. The van der Waals surface area contributed by atoms with Gasteiger partial charge in [0.1, 0.15) is 0 Å². The van der Waals surface area contributed by atoms with Gasteiger partial charge in [-0.05, 0) is 29.1 Å². The van der Waals surface area contributed by atoms with Crippen molar-refractivity contribution in [2.24, 2.45) is 0 Å². The first-order chi connectivity index (χ1) is 8.72. The molecule has 0 aromatic rings. The molecule has 5 nitrogen and oxygen atoms in total. The molecule has 112 valence electrons. The van der Waals surface area contributed by atoms with Crippen molar-refractivity contribution in [3.05, 3.63) is 0 Å². The summed E-state index contributed by atoms with van der Waals surface area (Å²) >= 11 is 3.93. The zero-order valence-corrected chi connectivity index (χ0v) is 14.5. The van der Waals surface area contributed by atoms with Crippen molar-refractivity contribution in [1.29, 1.82) is 0 Å². The van der Waals surface area contributed by atoms with Crippen LogP contribution in [0.5, 0.6) is 0 Å². The first-order valence-corrected chi connectivity index (χ1v) is 10.2. The fraction of sp³-hybridized carbons (Fsp3) is 1.00. The van der Waals surface area contributed by atoms with E-state index in [1.165, 1.54) is 22.0 Å². The van der Waals surface area contributed by atoms with Gasteiger partial charge in [-0.1, -0.05) is 43.2 Å². The molecule has 0 spiro atoms. The summed E-state index contributed by atoms with van der Waals surface area (Å²) in [4.78, 5) is 18.0. The summed E-state index contributed by atoms with van der Waals surface area (Å²) < 4.78 is 8.80. The third-order valence-corrected chi connectivity index (χ3v) is 4.06. The second kappa shape index (κ2) is 20.6. The van der Waals surface area contributed by atoms with Crippen molar-refractivity contribution in [2.75, 3.05) is 19.0 Å². The minimum Gasteiger partial charge on any atom is -0.325 e. The largest absolute Gasteiger partial charge is 0.389 e. The lowest BCUT2D eigenvalue weighted by molar-refractivity contribution is -0.266. The van der Waals surface area contributed by atoms with Crippen molar-refractivity contribution < 1.29 is 24.0 Å². The fourth-order valence-corrected chi connectivity index (χ4v) is 2.45. The van der Waals surface area contributed by atoms with Crippen LogP contribution in [-0.2, 0) is 19.1 Å². The van der Waals surface area contributed by atoms with Gasteiger partial charge in [0, 0.05) is 5.75 Å². The molecule has 0 fully saturated rings. The van der Waals surface area contributed by atoms with E-state index in [2.05, 4.69) is 37.7 Å². The summed E-state index contributed by atoms with van der Waals surface area (Å²) in [5.41, 5.74) is 0. The molecular weight excluding hydrogens is 315 g/mol. The molecule has 0 aromatic heterocycles. The van der Waals surface area contributed by atoms with Gasteiger partial charge in [0.05, 0.1) is 13.2 Å². The van der Waals surface area contributed by atoms with Crippen LogP contribution in [0.2, 0.25) is 0 Å². The molecule has 18 heavy (non-hydrogen) atoms. The lowest BCUT2D eigenvalue weighted by Crippen LogP contribution is -1.96. The van der Waals surface area contributed by atoms with Crippen LogP contribution in [0.4, 0.5) is 0 Å². The van der Waals surface area contributed by atoms with E-state index in [1.807, 2.05) is 13.8 Å². The average molecular weight is 338 g/mol. The Morgan fingerprint density at radius 3 is 1.78 bits per heavy atom. The van der Waals surface area contributed by atoms with Gasteiger partial charge in [-0.15, -0.1) is 0 Å². The van der Waals surface area contributed by atoms with E-state index in [1.54, 1.807) is 10.8 Å². The highest BCUT2D eigenvalue weighted by molar-refractivity contribution is 9.05. The predicted molar refractivity (Wildman–Crippen MR) is 83.1 cm³/mol. The summed E-state index contributed by atoms with van der Waals surface area (Å²) in [6.07, 6.45) is 2.89. The van der Waals surface area contributed by atoms with Crippen molar-refractivity contribution in [1.82, 2.24) is 0 Å². The lowest BCUT2D eigenvalue weighted by Gasteiger charge is -2.07. The van der Waals surface area contributed by atoms with Gasteiger partial charge in [0.25, 0.3) is 0 Å². The molecule has 0 radical (unpaired) electrons. The molecule has 0 aliphatic heterocycles. The van der Waals surface area contributed by atoms with E-state index >= 15 is 0 Å². The summed E-state index contributed by atoms with van der Waals surface area (Å²) in [6, 6.07) is 0. The van der Waals surface area contributed by atoms with E-state index < -0.39 is 8.60 Å². The number of hydrogen-bond acceptors (Lipinski definition) is 8. The average Bonchev–Trinajstić information content (AvgIpc) is 2.38. The zero-order chi connectivity index (χ0) is 14.1. The van der Waals surface area contributed by atoms with Crippen molar-refractivity contribution in [3.63, 3.8) is 0 Å². The molecule has 0 aromatic carbocycles. The molecule has 0 aliphatic rings. The molecule has 9 heteroatoms. The van der Waals surface area contributed by atoms with Crippen LogP contribution in [0.1, 0.15) is 40.0 Å². The Bertz CT molecular complexity index is 133. The summed E-state index contributed by atoms with van der Waals surface area (Å²) in [6.45, 7) is 6.87. The summed E-state index contributed by atoms with van der Waals surface area (Å²) in [5, 5.41) is 0. The van der Waals surface area contributed by atoms with Crippen LogP contribution >= 0.6 is 40.9 Å². The van der Waals surface area contributed by atoms with E-state index in [-0.39, 0.29) is 0 Å². The van der Waals surface area contributed by atoms with Crippen molar-refractivity contribution in [2.45, 2.75) is 40.0 Å². The standard InChI is InChI=1S/C6H15O5P.C3H8S3/c1-3-5-8-10-12(7)11-9-6-4-2;1-2-3-5-6-4/h7H,3-6H2,1-2H3;4H,2-3H2,1H3. The normalized spacial score (nSPS) is 10.3. The Morgan fingerprint density at radius 2 is 1.50 bits per heavy atom. The van der Waals surface area contributed by atoms with E-state index in [0.717, 1.165) is 12.8 Å². The van der Waals surface area contributed by atoms with Gasteiger partial charge in [0.15, 0.2) is 0 Å². The van der Waals surface area contributed by atoms with Gasteiger partial charge in [-0.25, -0.2) is 9.78 Å². The van der Waals surface area contributed by atoms with Crippen LogP contribution in [0.3, 0.4) is 0 Å². The van der Waals surface area contributed by atoms with Crippen LogP contribution in [0.25, 0.3) is 0 Å². The summed E-state index contributed by atoms with van der Waals surface area (Å²) in [5.74, 6) is 1.22. The maximum atomic E-state index is 8.87. The van der Waals surface area contributed by atoms with Crippen LogP contribution in [0, 0.1) is 0 Å². The molecule has 0 amide bonds. The Morgan fingerprint density at radius 1 is 1.00 bits per heavy atom. The van der Waals surface area contributed by atoms with Gasteiger partial charge < -0.3 is 4.89 Å². The number of rotatable bonds is 11. The molecule has 0 saturated heterocycles. The molecule has 0 aliphatic carbocycles. The minimum absolute atomic E-state index is 0.427. The van der Waals surface area contributed by atoms with E-state index in [4.69, 9.17) is 4.89 Å². The third-order valence-electron chi connectivity index (χ3n) is 1.15. The number of hydrogen-bond donors (Lipinski definition) is 2. The first kappa shape index (κ1) is 21.6. The highest BCUT2D eigenvalue weighted by Gasteiger charge is 2.07. The Balaban J connectivity index is 0. The monoisotopic (exact) mass is 338 g/mol. The Hall–Kier alpha value is 1.28. The molecule has 0 bridgehead atoms. The summed E-state index contributed by atoms with van der Waals surface area (Å²) in [7, 11) is 1.28. The van der Waals surface area contributed by atoms with Gasteiger partial charge in [-0.2, -0.15) is 9.35 Å². The zero-order valence-electron chi connectivity index (χ0n) is 11.0. The van der Waals surface area contributed by atoms with E-state index in [0.29, 0.717) is 13.2 Å². The SMILES string of the molecule is CCCOOP(O)OOCCC.CCCSSS. The Kier molecular flexibility index (Phi) is 24.7. The number of thiol groups is 1. The first-order valence-electron chi connectivity index (χ1n) is 5.74. The van der Waals surface area contributed by atoms with Crippen molar-refractivity contribution in [3.8, 4) is 0 Å². The quantitative estimate of drug-likeness (QED) is 0.143. The molecule has 0 heterocycles. The maximum absolute atomic E-state index is 8.87.